The number of rotatable bonds is 6. The van der Waals surface area contributed by atoms with Crippen LogP contribution < -0.4 is 5.32 Å². The van der Waals surface area contributed by atoms with Gasteiger partial charge in [0, 0.05) is 30.3 Å². The van der Waals surface area contributed by atoms with Crippen LogP contribution in [-0.4, -0.2) is 57.0 Å². The summed E-state index contributed by atoms with van der Waals surface area (Å²) in [7, 11) is -8.01. The second kappa shape index (κ2) is 10.1. The van der Waals surface area contributed by atoms with E-state index in [1.165, 1.54) is 24.3 Å². The molecule has 3 aromatic carbocycles. The number of carbonyl (C=O) groups is 1. The molecule has 1 amide bonds. The van der Waals surface area contributed by atoms with E-state index in [4.69, 9.17) is 11.6 Å². The van der Waals surface area contributed by atoms with Crippen molar-refractivity contribution in [2.75, 3.05) is 25.0 Å². The summed E-state index contributed by atoms with van der Waals surface area (Å²) in [6.45, 7) is 1.20. The molecule has 0 spiro atoms. The summed E-state index contributed by atoms with van der Waals surface area (Å²) < 4.78 is 55.5. The minimum Gasteiger partial charge on any atom is -0.325 e. The third-order valence-corrected chi connectivity index (χ3v) is 9.98. The second-order valence-corrected chi connectivity index (χ2v) is 12.3. The lowest BCUT2D eigenvalue weighted by Gasteiger charge is -2.38. The fourth-order valence-corrected chi connectivity index (χ4v) is 7.06. The van der Waals surface area contributed by atoms with Gasteiger partial charge in [-0.1, -0.05) is 54.1 Å². The molecule has 184 valence electrons. The smallest absolute Gasteiger partial charge is 0.244 e. The van der Waals surface area contributed by atoms with Gasteiger partial charge in [0.15, 0.2) is 0 Å². The highest BCUT2D eigenvalue weighted by molar-refractivity contribution is 7.89. The summed E-state index contributed by atoms with van der Waals surface area (Å²) in [5.41, 5.74) is 1.20. The summed E-state index contributed by atoms with van der Waals surface area (Å²) >= 11 is 6.17. The summed E-state index contributed by atoms with van der Waals surface area (Å²) in [6.07, 6.45) is 0. The standard InChI is InChI=1S/C24H24ClN3O5S2/c1-18-12-13-19(16-22(18)25)26-24(29)23-17-27(34(30,31)20-8-4-2-5-9-20)14-15-28(23)35(32,33)21-10-6-3-7-11-21/h2-13,16,23H,14-15,17H2,1H3,(H,26,29)/t23-/m1/s1. The van der Waals surface area contributed by atoms with Crippen molar-refractivity contribution in [3.8, 4) is 0 Å². The maximum absolute atomic E-state index is 13.4. The number of aryl methyl sites for hydroxylation is 1. The van der Waals surface area contributed by atoms with Gasteiger partial charge in [-0.05, 0) is 48.9 Å². The average molecular weight is 534 g/mol. The molecule has 0 bridgehead atoms. The Balaban J connectivity index is 1.69. The van der Waals surface area contributed by atoms with E-state index in [0.29, 0.717) is 10.7 Å². The third-order valence-electron chi connectivity index (χ3n) is 5.77. The van der Waals surface area contributed by atoms with Crippen LogP contribution in [0.4, 0.5) is 5.69 Å². The molecule has 0 unspecified atom stereocenters. The number of halogens is 1. The number of amides is 1. The number of hydrogen-bond acceptors (Lipinski definition) is 5. The number of piperazine rings is 1. The number of hydrogen-bond donors (Lipinski definition) is 1. The van der Waals surface area contributed by atoms with Gasteiger partial charge in [-0.3, -0.25) is 4.79 Å². The maximum atomic E-state index is 13.4. The monoisotopic (exact) mass is 533 g/mol. The first-order chi connectivity index (χ1) is 16.6. The van der Waals surface area contributed by atoms with Crippen LogP contribution >= 0.6 is 11.6 Å². The van der Waals surface area contributed by atoms with E-state index < -0.39 is 32.0 Å². The molecule has 1 aliphatic rings. The normalized spacial score (nSPS) is 17.7. The van der Waals surface area contributed by atoms with Crippen molar-refractivity contribution in [2.45, 2.75) is 22.8 Å². The zero-order chi connectivity index (χ0) is 25.2. The minimum absolute atomic E-state index is 0.0237. The first-order valence-corrected chi connectivity index (χ1v) is 14.1. The Labute approximate surface area is 210 Å². The highest BCUT2D eigenvalue weighted by Crippen LogP contribution is 2.27. The van der Waals surface area contributed by atoms with Gasteiger partial charge in [0.1, 0.15) is 6.04 Å². The fraction of sp³-hybridized carbons (Fsp3) is 0.208. The maximum Gasteiger partial charge on any atom is 0.244 e. The van der Waals surface area contributed by atoms with Gasteiger partial charge >= 0.3 is 0 Å². The molecule has 1 saturated heterocycles. The van der Waals surface area contributed by atoms with Crippen LogP contribution in [0.25, 0.3) is 0 Å². The molecule has 0 aliphatic carbocycles. The van der Waals surface area contributed by atoms with Crippen molar-refractivity contribution >= 4 is 43.2 Å². The topological polar surface area (TPSA) is 104 Å². The van der Waals surface area contributed by atoms with Crippen molar-refractivity contribution < 1.29 is 21.6 Å². The van der Waals surface area contributed by atoms with E-state index in [9.17, 15) is 21.6 Å². The lowest BCUT2D eigenvalue weighted by atomic mass is 10.2. The summed E-state index contributed by atoms with van der Waals surface area (Å²) in [5.74, 6) is -0.655. The molecule has 1 N–H and O–H groups in total. The zero-order valence-electron chi connectivity index (χ0n) is 18.8. The lowest BCUT2D eigenvalue weighted by molar-refractivity contribution is -0.120. The Morgan fingerprint density at radius 2 is 1.43 bits per heavy atom. The number of carbonyl (C=O) groups excluding carboxylic acids is 1. The van der Waals surface area contributed by atoms with Gasteiger partial charge in [0.25, 0.3) is 0 Å². The van der Waals surface area contributed by atoms with Gasteiger partial charge in [0.05, 0.1) is 9.79 Å². The van der Waals surface area contributed by atoms with E-state index in [1.54, 1.807) is 54.6 Å². The van der Waals surface area contributed by atoms with E-state index in [-0.39, 0.29) is 29.4 Å². The second-order valence-electron chi connectivity index (χ2n) is 8.07. The Morgan fingerprint density at radius 1 is 0.857 bits per heavy atom. The molecule has 1 aliphatic heterocycles. The van der Waals surface area contributed by atoms with Crippen molar-refractivity contribution in [3.05, 3.63) is 89.4 Å². The van der Waals surface area contributed by atoms with Crippen molar-refractivity contribution in [1.82, 2.24) is 8.61 Å². The van der Waals surface area contributed by atoms with Crippen LogP contribution in [-0.2, 0) is 24.8 Å². The Bertz CT molecular complexity index is 1430. The van der Waals surface area contributed by atoms with Crippen molar-refractivity contribution in [1.29, 1.82) is 0 Å². The Hall–Kier alpha value is -2.76. The molecule has 1 atom stereocenters. The molecule has 8 nitrogen and oxygen atoms in total. The van der Waals surface area contributed by atoms with Crippen LogP contribution in [0, 0.1) is 6.92 Å². The van der Waals surface area contributed by atoms with E-state index in [2.05, 4.69) is 5.32 Å². The first kappa shape index (κ1) is 25.3. The van der Waals surface area contributed by atoms with Crippen LogP contribution in [0.1, 0.15) is 5.56 Å². The minimum atomic E-state index is -4.07. The van der Waals surface area contributed by atoms with Crippen molar-refractivity contribution in [2.24, 2.45) is 0 Å². The molecule has 3 aromatic rings. The molecule has 1 heterocycles. The number of anilines is 1. The first-order valence-electron chi connectivity index (χ1n) is 10.8. The quantitative estimate of drug-likeness (QED) is 0.523. The largest absolute Gasteiger partial charge is 0.325 e. The molecule has 1 fully saturated rings. The number of sulfonamides is 2. The Morgan fingerprint density at radius 3 is 2.00 bits per heavy atom. The lowest BCUT2D eigenvalue weighted by Crippen LogP contribution is -2.60. The predicted molar refractivity (Wildman–Crippen MR) is 134 cm³/mol. The number of benzene rings is 3. The van der Waals surface area contributed by atoms with Gasteiger partial charge in [-0.25, -0.2) is 16.8 Å². The van der Waals surface area contributed by atoms with Crippen LogP contribution in [0.5, 0.6) is 0 Å². The van der Waals surface area contributed by atoms with E-state index >= 15 is 0 Å². The highest BCUT2D eigenvalue weighted by Gasteiger charge is 2.43. The molecular formula is C24H24ClN3O5S2. The van der Waals surface area contributed by atoms with E-state index in [0.717, 1.165) is 14.2 Å². The molecule has 0 aromatic heterocycles. The van der Waals surface area contributed by atoms with Gasteiger partial charge in [0.2, 0.25) is 26.0 Å². The van der Waals surface area contributed by atoms with Crippen molar-refractivity contribution in [3.63, 3.8) is 0 Å². The van der Waals surface area contributed by atoms with Gasteiger partial charge in [-0.15, -0.1) is 0 Å². The number of nitrogens with zero attached hydrogens (tertiary/aromatic N) is 2. The highest BCUT2D eigenvalue weighted by atomic mass is 35.5. The molecule has 35 heavy (non-hydrogen) atoms. The van der Waals surface area contributed by atoms with Gasteiger partial charge in [-0.2, -0.15) is 8.61 Å². The summed E-state index contributed by atoms with van der Waals surface area (Å²) in [6, 6.07) is 19.2. The molecule has 4 rings (SSSR count). The average Bonchev–Trinajstić information content (AvgIpc) is 2.87. The summed E-state index contributed by atoms with van der Waals surface area (Å²) in [4.78, 5) is 13.5. The van der Waals surface area contributed by atoms with Crippen LogP contribution in [0.2, 0.25) is 5.02 Å². The Kier molecular flexibility index (Phi) is 7.30. The molecule has 0 saturated carbocycles. The number of nitrogens with one attached hydrogen (secondary N) is 1. The SMILES string of the molecule is Cc1ccc(NC(=O)[C@H]2CN(S(=O)(=O)c3ccccc3)CCN2S(=O)(=O)c2ccccc2)cc1Cl. The van der Waals surface area contributed by atoms with Crippen LogP contribution in [0.3, 0.4) is 0 Å². The predicted octanol–water partition coefficient (Wildman–Crippen LogP) is 3.35. The fourth-order valence-electron chi connectivity index (χ4n) is 3.83. The molecular weight excluding hydrogens is 510 g/mol. The van der Waals surface area contributed by atoms with Crippen LogP contribution in [0.15, 0.2) is 88.7 Å². The van der Waals surface area contributed by atoms with Gasteiger partial charge < -0.3 is 5.32 Å². The molecule has 11 heteroatoms. The molecule has 0 radical (unpaired) electrons. The van der Waals surface area contributed by atoms with E-state index in [1.807, 2.05) is 6.92 Å². The third kappa shape index (κ3) is 5.26. The zero-order valence-corrected chi connectivity index (χ0v) is 21.2. The summed E-state index contributed by atoms with van der Waals surface area (Å²) in [5, 5.41) is 3.13.